The lowest BCUT2D eigenvalue weighted by Crippen LogP contribution is -2.45. The second-order valence-electron chi connectivity index (χ2n) is 8.38. The summed E-state index contributed by atoms with van der Waals surface area (Å²) < 4.78 is 5.84. The molecule has 5 nitrogen and oxygen atoms in total. The predicted molar refractivity (Wildman–Crippen MR) is 105 cm³/mol. The van der Waals surface area contributed by atoms with Gasteiger partial charge in [0.25, 0.3) is 5.91 Å². The van der Waals surface area contributed by atoms with Crippen molar-refractivity contribution in [3.63, 3.8) is 0 Å². The van der Waals surface area contributed by atoms with Crippen LogP contribution in [0.4, 0.5) is 5.69 Å². The fraction of sp³-hybridized carbons (Fsp3) is 0.636. The molecule has 2 aliphatic carbocycles. The van der Waals surface area contributed by atoms with Gasteiger partial charge in [-0.05, 0) is 63.0 Å². The zero-order chi connectivity index (χ0) is 18.8. The van der Waals surface area contributed by atoms with Crippen LogP contribution < -0.4 is 9.64 Å². The topological polar surface area (TPSA) is 49.9 Å². The van der Waals surface area contributed by atoms with Crippen LogP contribution in [0.15, 0.2) is 24.3 Å². The lowest BCUT2D eigenvalue weighted by atomic mass is 9.86. The smallest absolute Gasteiger partial charge is 0.261 e. The molecule has 1 aliphatic heterocycles. The van der Waals surface area contributed by atoms with Crippen molar-refractivity contribution >= 4 is 17.5 Å². The van der Waals surface area contributed by atoms with Gasteiger partial charge < -0.3 is 14.5 Å². The number of hydrogen-bond acceptors (Lipinski definition) is 3. The molecule has 0 bridgehead atoms. The number of benzene rings is 1. The normalized spacial score (nSPS) is 25.5. The van der Waals surface area contributed by atoms with Crippen LogP contribution in [0.1, 0.15) is 58.3 Å². The molecule has 3 fully saturated rings. The third kappa shape index (κ3) is 4.28. The third-order valence-corrected chi connectivity index (χ3v) is 6.17. The number of carbonyl (C=O) groups excluding carboxylic acids is 2. The molecule has 4 rings (SSSR count). The lowest BCUT2D eigenvalue weighted by molar-refractivity contribution is -0.137. The summed E-state index contributed by atoms with van der Waals surface area (Å²) in [5, 5.41) is 0. The first-order valence-electron chi connectivity index (χ1n) is 10.5. The largest absolute Gasteiger partial charge is 0.484 e. The van der Waals surface area contributed by atoms with Crippen molar-refractivity contribution in [2.75, 3.05) is 18.1 Å². The minimum Gasteiger partial charge on any atom is -0.484 e. The van der Waals surface area contributed by atoms with E-state index < -0.39 is 0 Å². The lowest BCUT2D eigenvalue weighted by Gasteiger charge is -2.36. The summed E-state index contributed by atoms with van der Waals surface area (Å²) in [6, 6.07) is 8.37. The summed E-state index contributed by atoms with van der Waals surface area (Å²) in [6.45, 7) is 3.15. The second-order valence-corrected chi connectivity index (χ2v) is 8.38. The molecular weight excluding hydrogens is 340 g/mol. The number of hydrogen-bond donors (Lipinski definition) is 0. The van der Waals surface area contributed by atoms with Gasteiger partial charge in [0.2, 0.25) is 5.91 Å². The van der Waals surface area contributed by atoms with Crippen LogP contribution in [-0.2, 0) is 9.59 Å². The second kappa shape index (κ2) is 7.91. The quantitative estimate of drug-likeness (QED) is 0.766. The molecule has 1 aromatic rings. The number of nitrogens with zero attached hydrogens (tertiary/aromatic N) is 2. The highest BCUT2D eigenvalue weighted by molar-refractivity contribution is 5.95. The average molecular weight is 370 g/mol. The highest BCUT2D eigenvalue weighted by Gasteiger charge is 2.38. The van der Waals surface area contributed by atoms with E-state index in [1.807, 2.05) is 24.3 Å². The Bertz CT molecular complexity index is 693. The molecule has 0 spiro atoms. The van der Waals surface area contributed by atoms with Crippen molar-refractivity contribution in [2.45, 2.75) is 70.4 Å². The van der Waals surface area contributed by atoms with Crippen molar-refractivity contribution in [2.24, 2.45) is 5.92 Å². The molecule has 0 aromatic heterocycles. The van der Waals surface area contributed by atoms with Gasteiger partial charge in [-0.3, -0.25) is 9.59 Å². The number of anilines is 1. The molecule has 27 heavy (non-hydrogen) atoms. The number of amides is 2. The highest BCUT2D eigenvalue weighted by atomic mass is 16.5. The molecule has 5 heteroatoms. The average Bonchev–Trinajstić information content (AvgIpc) is 3.41. The molecule has 0 radical (unpaired) electrons. The number of rotatable bonds is 6. The summed E-state index contributed by atoms with van der Waals surface area (Å²) in [6.07, 6.45) is 8.45. The van der Waals surface area contributed by atoms with Gasteiger partial charge in [0.05, 0.1) is 0 Å². The van der Waals surface area contributed by atoms with E-state index in [4.69, 9.17) is 4.74 Å². The van der Waals surface area contributed by atoms with Gasteiger partial charge in [0.1, 0.15) is 5.75 Å². The van der Waals surface area contributed by atoms with Gasteiger partial charge in [-0.15, -0.1) is 0 Å². The van der Waals surface area contributed by atoms with Crippen LogP contribution in [0.5, 0.6) is 5.75 Å². The summed E-state index contributed by atoms with van der Waals surface area (Å²) in [5.41, 5.74) is 0.864. The molecule has 2 amide bonds. The van der Waals surface area contributed by atoms with E-state index in [0.717, 1.165) is 50.3 Å². The van der Waals surface area contributed by atoms with Crippen molar-refractivity contribution in [3.8, 4) is 5.75 Å². The van der Waals surface area contributed by atoms with E-state index in [9.17, 15) is 9.59 Å². The fourth-order valence-corrected chi connectivity index (χ4v) is 4.46. The first kappa shape index (κ1) is 18.3. The minimum absolute atomic E-state index is 0.0833. The van der Waals surface area contributed by atoms with E-state index in [1.54, 1.807) is 4.90 Å². The van der Waals surface area contributed by atoms with Crippen LogP contribution in [-0.4, -0.2) is 41.9 Å². The van der Waals surface area contributed by atoms with Crippen molar-refractivity contribution in [1.29, 1.82) is 0 Å². The molecule has 1 aromatic carbocycles. The first-order valence-corrected chi connectivity index (χ1v) is 10.5. The van der Waals surface area contributed by atoms with E-state index in [1.165, 1.54) is 12.8 Å². The van der Waals surface area contributed by atoms with Crippen LogP contribution in [0.3, 0.4) is 0 Å². The van der Waals surface area contributed by atoms with Crippen molar-refractivity contribution < 1.29 is 14.3 Å². The zero-order valence-electron chi connectivity index (χ0n) is 16.2. The number of ether oxygens (including phenoxy) is 1. The van der Waals surface area contributed by atoms with Gasteiger partial charge in [0, 0.05) is 36.8 Å². The van der Waals surface area contributed by atoms with Crippen LogP contribution >= 0.6 is 0 Å². The van der Waals surface area contributed by atoms with Crippen molar-refractivity contribution in [3.05, 3.63) is 24.3 Å². The molecule has 0 unspecified atom stereocenters. The van der Waals surface area contributed by atoms with Gasteiger partial charge in [-0.2, -0.15) is 0 Å². The van der Waals surface area contributed by atoms with E-state index in [0.29, 0.717) is 24.3 Å². The standard InChI is InChI=1S/C22H30N2O3/c1-16-7-9-17(10-8-16)24(18-11-12-18)22(26)15-27-20-5-2-4-19(14-20)23-13-3-6-21(23)25/h2,4-5,14,16-18H,3,6-13,15H2,1H3. The van der Waals surface area contributed by atoms with Gasteiger partial charge in [-0.1, -0.05) is 13.0 Å². The Labute approximate surface area is 161 Å². The molecule has 0 N–H and O–H groups in total. The first-order chi connectivity index (χ1) is 13.1. The summed E-state index contributed by atoms with van der Waals surface area (Å²) in [5.74, 6) is 1.72. The van der Waals surface area contributed by atoms with E-state index >= 15 is 0 Å². The number of carbonyl (C=O) groups is 2. The highest BCUT2D eigenvalue weighted by Crippen LogP contribution is 2.35. The van der Waals surface area contributed by atoms with Gasteiger partial charge >= 0.3 is 0 Å². The minimum atomic E-state index is 0.0833. The Hall–Kier alpha value is -2.04. The Morgan fingerprint density at radius 3 is 2.48 bits per heavy atom. The molecular formula is C22H30N2O3. The molecule has 1 heterocycles. The van der Waals surface area contributed by atoms with Crippen LogP contribution in [0.25, 0.3) is 0 Å². The maximum Gasteiger partial charge on any atom is 0.261 e. The Morgan fingerprint density at radius 2 is 1.85 bits per heavy atom. The Morgan fingerprint density at radius 1 is 1.15 bits per heavy atom. The summed E-state index contributed by atoms with van der Waals surface area (Å²) >= 11 is 0. The Kier molecular flexibility index (Phi) is 5.37. The molecule has 2 saturated carbocycles. The molecule has 0 atom stereocenters. The summed E-state index contributed by atoms with van der Waals surface area (Å²) in [7, 11) is 0. The zero-order valence-corrected chi connectivity index (χ0v) is 16.2. The molecule has 1 saturated heterocycles. The molecule has 3 aliphatic rings. The monoisotopic (exact) mass is 370 g/mol. The van der Waals surface area contributed by atoms with Gasteiger partial charge in [0.15, 0.2) is 6.61 Å². The fourth-order valence-electron chi connectivity index (χ4n) is 4.46. The summed E-state index contributed by atoms with van der Waals surface area (Å²) in [4.78, 5) is 28.8. The van der Waals surface area contributed by atoms with Gasteiger partial charge in [-0.25, -0.2) is 0 Å². The maximum atomic E-state index is 12.9. The third-order valence-electron chi connectivity index (χ3n) is 6.17. The Balaban J connectivity index is 1.37. The van der Waals surface area contributed by atoms with E-state index in [-0.39, 0.29) is 18.4 Å². The van der Waals surface area contributed by atoms with Crippen LogP contribution in [0, 0.1) is 5.92 Å². The maximum absolute atomic E-state index is 12.9. The predicted octanol–water partition coefficient (Wildman–Crippen LogP) is 3.76. The van der Waals surface area contributed by atoms with Crippen LogP contribution in [0.2, 0.25) is 0 Å². The molecule has 146 valence electrons. The van der Waals surface area contributed by atoms with Crippen molar-refractivity contribution in [1.82, 2.24) is 4.90 Å². The van der Waals surface area contributed by atoms with E-state index in [2.05, 4.69) is 11.8 Å². The SMILES string of the molecule is CC1CCC(N(C(=O)COc2cccc(N3CCCC3=O)c2)C2CC2)CC1.